The highest BCUT2D eigenvalue weighted by Gasteiger charge is 2.22. The largest absolute Gasteiger partial charge is 0.377 e. The normalized spacial score (nSPS) is 17.8. The van der Waals surface area contributed by atoms with Crippen LogP contribution in [-0.4, -0.2) is 43.2 Å². The van der Waals surface area contributed by atoms with Crippen LogP contribution in [0.15, 0.2) is 0 Å². The van der Waals surface area contributed by atoms with Crippen LogP contribution in [0.1, 0.15) is 39.5 Å². The molecule has 4 heteroatoms. The van der Waals surface area contributed by atoms with E-state index in [1.54, 1.807) is 0 Å². The maximum absolute atomic E-state index is 11.9. The fourth-order valence-electron chi connectivity index (χ4n) is 2.08. The molecule has 0 aliphatic carbocycles. The summed E-state index contributed by atoms with van der Waals surface area (Å²) in [7, 11) is 0. The predicted molar refractivity (Wildman–Crippen MR) is 68.7 cm³/mol. The molecule has 0 spiro atoms. The van der Waals surface area contributed by atoms with Crippen molar-refractivity contribution in [2.75, 3.05) is 26.2 Å². The summed E-state index contributed by atoms with van der Waals surface area (Å²) in [4.78, 5) is 13.9. The van der Waals surface area contributed by atoms with Crippen molar-refractivity contribution < 1.29 is 9.53 Å². The van der Waals surface area contributed by atoms with Crippen LogP contribution in [0.4, 0.5) is 0 Å². The van der Waals surface area contributed by atoms with Crippen molar-refractivity contribution in [2.24, 2.45) is 11.7 Å². The Labute approximate surface area is 104 Å². The summed E-state index contributed by atoms with van der Waals surface area (Å²) in [6.07, 6.45) is 3.88. The molecule has 1 aliphatic rings. The predicted octanol–water partition coefficient (Wildman–Crippen LogP) is 1.39. The summed E-state index contributed by atoms with van der Waals surface area (Å²) < 4.78 is 5.60. The third kappa shape index (κ3) is 5.50. The number of hydrogen-bond donors (Lipinski definition) is 1. The number of carbonyl (C=O) groups is 1. The quantitative estimate of drug-likeness (QED) is 0.765. The second-order valence-corrected chi connectivity index (χ2v) is 5.17. The van der Waals surface area contributed by atoms with E-state index in [1.807, 2.05) is 4.90 Å². The van der Waals surface area contributed by atoms with E-state index >= 15 is 0 Å². The molecule has 0 atom stereocenters. The molecule has 1 amide bonds. The van der Waals surface area contributed by atoms with E-state index in [9.17, 15) is 4.79 Å². The molecule has 0 bridgehead atoms. The van der Waals surface area contributed by atoms with Gasteiger partial charge in [-0.05, 0) is 25.2 Å². The Hall–Kier alpha value is -0.610. The highest BCUT2D eigenvalue weighted by atomic mass is 16.5. The third-order valence-corrected chi connectivity index (χ3v) is 3.20. The van der Waals surface area contributed by atoms with Gasteiger partial charge >= 0.3 is 0 Å². The van der Waals surface area contributed by atoms with Crippen molar-refractivity contribution in [3.63, 3.8) is 0 Å². The number of rotatable bonds is 6. The lowest BCUT2D eigenvalue weighted by Crippen LogP contribution is -2.41. The van der Waals surface area contributed by atoms with Gasteiger partial charge in [0, 0.05) is 26.1 Å². The van der Waals surface area contributed by atoms with E-state index < -0.39 is 0 Å². The van der Waals surface area contributed by atoms with Gasteiger partial charge in [-0.1, -0.05) is 13.8 Å². The van der Waals surface area contributed by atoms with E-state index in [2.05, 4.69) is 13.8 Å². The fourth-order valence-corrected chi connectivity index (χ4v) is 2.08. The minimum atomic E-state index is 0.299. The first kappa shape index (κ1) is 14.5. The first-order valence-electron chi connectivity index (χ1n) is 6.73. The van der Waals surface area contributed by atoms with Crippen LogP contribution in [0.25, 0.3) is 0 Å². The van der Waals surface area contributed by atoms with Crippen LogP contribution in [0.2, 0.25) is 0 Å². The minimum absolute atomic E-state index is 0.299. The third-order valence-electron chi connectivity index (χ3n) is 3.20. The van der Waals surface area contributed by atoms with Gasteiger partial charge in [-0.3, -0.25) is 4.79 Å². The molecule has 0 radical (unpaired) electrons. The van der Waals surface area contributed by atoms with Gasteiger partial charge in [0.25, 0.3) is 0 Å². The van der Waals surface area contributed by atoms with Crippen molar-refractivity contribution >= 4 is 5.91 Å². The molecule has 4 nitrogen and oxygen atoms in total. The molecule has 1 fully saturated rings. The average molecular weight is 242 g/mol. The van der Waals surface area contributed by atoms with Crippen molar-refractivity contribution in [3.8, 4) is 0 Å². The smallest absolute Gasteiger partial charge is 0.222 e. The van der Waals surface area contributed by atoms with Crippen LogP contribution >= 0.6 is 0 Å². The van der Waals surface area contributed by atoms with Gasteiger partial charge in [0.1, 0.15) is 0 Å². The van der Waals surface area contributed by atoms with Crippen molar-refractivity contribution in [2.45, 2.75) is 45.6 Å². The van der Waals surface area contributed by atoms with Gasteiger partial charge in [-0.15, -0.1) is 0 Å². The molecule has 17 heavy (non-hydrogen) atoms. The average Bonchev–Trinajstić information content (AvgIpc) is 2.34. The lowest BCUT2D eigenvalue weighted by molar-refractivity contribution is -0.134. The van der Waals surface area contributed by atoms with Crippen molar-refractivity contribution in [3.05, 3.63) is 0 Å². The molecule has 0 aromatic carbocycles. The summed E-state index contributed by atoms with van der Waals surface area (Å²) in [5.41, 5.74) is 5.40. The number of amides is 1. The molecule has 1 aliphatic heterocycles. The van der Waals surface area contributed by atoms with Crippen LogP contribution in [0.5, 0.6) is 0 Å². The Morgan fingerprint density at radius 1 is 1.41 bits per heavy atom. The highest BCUT2D eigenvalue weighted by Crippen LogP contribution is 2.15. The number of ether oxygens (including phenoxy) is 1. The molecule has 0 saturated carbocycles. The van der Waals surface area contributed by atoms with Crippen LogP contribution in [0.3, 0.4) is 0 Å². The summed E-state index contributed by atoms with van der Waals surface area (Å²) in [5, 5.41) is 0. The molecule has 0 aromatic rings. The zero-order valence-corrected chi connectivity index (χ0v) is 11.2. The molecule has 100 valence electrons. The van der Waals surface area contributed by atoms with E-state index in [0.717, 1.165) is 32.4 Å². The highest BCUT2D eigenvalue weighted by molar-refractivity contribution is 5.76. The molecule has 0 unspecified atom stereocenters. The standard InChI is InChI=1S/C13H26N2O2/c1-11(2)3-4-13(16)15-8-5-12(6-9-15)17-10-7-14/h11-12H,3-10,14H2,1-2H3. The van der Waals surface area contributed by atoms with Gasteiger partial charge in [0.2, 0.25) is 5.91 Å². The molecule has 2 N–H and O–H groups in total. The van der Waals surface area contributed by atoms with Gasteiger partial charge < -0.3 is 15.4 Å². The maximum atomic E-state index is 11.9. The Morgan fingerprint density at radius 2 is 2.06 bits per heavy atom. The molecular formula is C13H26N2O2. The molecule has 0 aromatic heterocycles. The first-order chi connectivity index (χ1) is 8.13. The minimum Gasteiger partial charge on any atom is -0.377 e. The lowest BCUT2D eigenvalue weighted by atomic mass is 10.0. The zero-order valence-electron chi connectivity index (χ0n) is 11.2. The summed E-state index contributed by atoms with van der Waals surface area (Å²) in [6.45, 7) is 7.19. The van der Waals surface area contributed by atoms with Gasteiger partial charge in [0.15, 0.2) is 0 Å². The van der Waals surface area contributed by atoms with E-state index in [0.29, 0.717) is 37.5 Å². The monoisotopic (exact) mass is 242 g/mol. The van der Waals surface area contributed by atoms with Crippen LogP contribution in [0, 0.1) is 5.92 Å². The van der Waals surface area contributed by atoms with Crippen molar-refractivity contribution in [1.82, 2.24) is 4.90 Å². The first-order valence-corrected chi connectivity index (χ1v) is 6.73. The van der Waals surface area contributed by atoms with Crippen LogP contribution < -0.4 is 5.73 Å². The number of piperidine rings is 1. The Bertz CT molecular complexity index is 223. The maximum Gasteiger partial charge on any atom is 0.222 e. The lowest BCUT2D eigenvalue weighted by Gasteiger charge is -2.32. The summed E-state index contributed by atoms with van der Waals surface area (Å²) in [5.74, 6) is 0.903. The van der Waals surface area contributed by atoms with E-state index in [4.69, 9.17) is 10.5 Å². The molecule has 1 heterocycles. The summed E-state index contributed by atoms with van der Waals surface area (Å²) in [6, 6.07) is 0. The number of nitrogens with zero attached hydrogens (tertiary/aromatic N) is 1. The van der Waals surface area contributed by atoms with Gasteiger partial charge in [0.05, 0.1) is 12.7 Å². The topological polar surface area (TPSA) is 55.6 Å². The second kappa shape index (κ2) is 7.67. The summed E-state index contributed by atoms with van der Waals surface area (Å²) >= 11 is 0. The molecular weight excluding hydrogens is 216 g/mol. The van der Waals surface area contributed by atoms with Gasteiger partial charge in [-0.25, -0.2) is 0 Å². The SMILES string of the molecule is CC(C)CCC(=O)N1CCC(OCCN)CC1. The zero-order chi connectivity index (χ0) is 12.7. The van der Waals surface area contributed by atoms with E-state index in [1.165, 1.54) is 0 Å². The Balaban J connectivity index is 2.19. The van der Waals surface area contributed by atoms with Gasteiger partial charge in [-0.2, -0.15) is 0 Å². The second-order valence-electron chi connectivity index (χ2n) is 5.17. The number of carbonyl (C=O) groups excluding carboxylic acids is 1. The molecule has 1 rings (SSSR count). The fraction of sp³-hybridized carbons (Fsp3) is 0.923. The number of hydrogen-bond acceptors (Lipinski definition) is 3. The Kier molecular flexibility index (Phi) is 6.52. The van der Waals surface area contributed by atoms with Crippen molar-refractivity contribution in [1.29, 1.82) is 0 Å². The Morgan fingerprint density at radius 3 is 2.59 bits per heavy atom. The molecule has 1 saturated heterocycles. The number of likely N-dealkylation sites (tertiary alicyclic amines) is 1. The van der Waals surface area contributed by atoms with Crippen LogP contribution in [-0.2, 0) is 9.53 Å². The van der Waals surface area contributed by atoms with E-state index in [-0.39, 0.29) is 0 Å². The number of nitrogens with two attached hydrogens (primary N) is 1.